The summed E-state index contributed by atoms with van der Waals surface area (Å²) >= 11 is 0. The van der Waals surface area contributed by atoms with E-state index in [9.17, 15) is 4.79 Å². The van der Waals surface area contributed by atoms with Gasteiger partial charge in [0, 0.05) is 25.9 Å². The van der Waals surface area contributed by atoms with Crippen LogP contribution in [0.3, 0.4) is 0 Å². The Balaban J connectivity index is 3.79. The first-order valence-electron chi connectivity index (χ1n) is 5.65. The summed E-state index contributed by atoms with van der Waals surface area (Å²) in [6.07, 6.45) is 2.14. The van der Waals surface area contributed by atoms with E-state index < -0.39 is 0 Å². The lowest BCUT2D eigenvalue weighted by atomic mass is 10.1. The molecule has 0 radical (unpaired) electrons. The van der Waals surface area contributed by atoms with E-state index in [4.69, 9.17) is 5.26 Å². The SMILES string of the molecule is CC(=O)CCCN(CCC#N)CC(C)C. The molecule has 0 aliphatic rings. The van der Waals surface area contributed by atoms with Crippen LogP contribution in [0.5, 0.6) is 0 Å². The fraction of sp³-hybridized carbons (Fsp3) is 0.833. The van der Waals surface area contributed by atoms with Gasteiger partial charge in [0.2, 0.25) is 0 Å². The summed E-state index contributed by atoms with van der Waals surface area (Å²) in [5.74, 6) is 0.862. The Morgan fingerprint density at radius 3 is 2.53 bits per heavy atom. The minimum absolute atomic E-state index is 0.250. The van der Waals surface area contributed by atoms with Gasteiger partial charge in [0.15, 0.2) is 0 Å². The van der Waals surface area contributed by atoms with E-state index >= 15 is 0 Å². The van der Waals surface area contributed by atoms with Gasteiger partial charge in [-0.05, 0) is 25.8 Å². The molecule has 86 valence electrons. The average Bonchev–Trinajstić information content (AvgIpc) is 2.12. The lowest BCUT2D eigenvalue weighted by Crippen LogP contribution is -2.30. The maximum absolute atomic E-state index is 10.8. The summed E-state index contributed by atoms with van der Waals surface area (Å²) in [6, 6.07) is 2.16. The van der Waals surface area contributed by atoms with Gasteiger partial charge in [-0.1, -0.05) is 13.8 Å². The molecule has 0 bridgehead atoms. The van der Waals surface area contributed by atoms with Crippen LogP contribution >= 0.6 is 0 Å². The standard InChI is InChI=1S/C12H22N2O/c1-11(2)10-14(9-5-7-13)8-4-6-12(3)15/h11H,4-6,8-10H2,1-3H3. The number of carbonyl (C=O) groups is 1. The molecule has 0 N–H and O–H groups in total. The summed E-state index contributed by atoms with van der Waals surface area (Å²) in [4.78, 5) is 13.1. The minimum Gasteiger partial charge on any atom is -0.302 e. The predicted octanol–water partition coefficient (Wildman–Crippen LogP) is 2.23. The highest BCUT2D eigenvalue weighted by atomic mass is 16.1. The zero-order valence-electron chi connectivity index (χ0n) is 10.1. The monoisotopic (exact) mass is 210 g/mol. The smallest absolute Gasteiger partial charge is 0.129 e. The van der Waals surface area contributed by atoms with Crippen molar-refractivity contribution >= 4 is 5.78 Å². The Kier molecular flexibility index (Phi) is 7.94. The number of hydrogen-bond donors (Lipinski definition) is 0. The van der Waals surface area contributed by atoms with Crippen LogP contribution in [0, 0.1) is 17.2 Å². The highest BCUT2D eigenvalue weighted by Crippen LogP contribution is 2.02. The number of nitriles is 1. The molecule has 0 saturated carbocycles. The lowest BCUT2D eigenvalue weighted by molar-refractivity contribution is -0.117. The van der Waals surface area contributed by atoms with Gasteiger partial charge in [-0.2, -0.15) is 5.26 Å². The molecule has 0 aliphatic carbocycles. The number of hydrogen-bond acceptors (Lipinski definition) is 3. The molecular weight excluding hydrogens is 188 g/mol. The van der Waals surface area contributed by atoms with Crippen LogP contribution in [-0.2, 0) is 4.79 Å². The van der Waals surface area contributed by atoms with Crippen molar-refractivity contribution < 1.29 is 4.79 Å². The highest BCUT2D eigenvalue weighted by Gasteiger charge is 2.07. The molecule has 0 saturated heterocycles. The molecule has 3 heteroatoms. The van der Waals surface area contributed by atoms with Gasteiger partial charge >= 0.3 is 0 Å². The van der Waals surface area contributed by atoms with Gasteiger partial charge in [-0.15, -0.1) is 0 Å². The largest absolute Gasteiger partial charge is 0.302 e. The van der Waals surface area contributed by atoms with Crippen LogP contribution < -0.4 is 0 Å². The molecule has 3 nitrogen and oxygen atoms in total. The van der Waals surface area contributed by atoms with Crippen molar-refractivity contribution in [2.24, 2.45) is 5.92 Å². The Bertz CT molecular complexity index is 218. The second-order valence-corrected chi connectivity index (χ2v) is 4.41. The Hall–Kier alpha value is -0.880. The number of nitrogens with zero attached hydrogens (tertiary/aromatic N) is 2. The average molecular weight is 210 g/mol. The molecule has 0 fully saturated rings. The minimum atomic E-state index is 0.250. The normalized spacial score (nSPS) is 10.7. The summed E-state index contributed by atoms with van der Waals surface area (Å²) in [6.45, 7) is 8.74. The third-order valence-electron chi connectivity index (χ3n) is 2.17. The van der Waals surface area contributed by atoms with Crippen LogP contribution in [0.25, 0.3) is 0 Å². The molecule has 0 unspecified atom stereocenters. The van der Waals surface area contributed by atoms with Crippen molar-refractivity contribution in [3.8, 4) is 6.07 Å². The van der Waals surface area contributed by atoms with E-state index in [0.717, 1.165) is 26.1 Å². The molecule has 0 aromatic carbocycles. The van der Waals surface area contributed by atoms with E-state index in [2.05, 4.69) is 24.8 Å². The van der Waals surface area contributed by atoms with Gasteiger partial charge in [0.25, 0.3) is 0 Å². The van der Waals surface area contributed by atoms with Crippen LogP contribution in [-0.4, -0.2) is 30.3 Å². The van der Waals surface area contributed by atoms with E-state index in [-0.39, 0.29) is 5.78 Å². The number of ketones is 1. The van der Waals surface area contributed by atoms with Gasteiger partial charge in [0.1, 0.15) is 5.78 Å². The molecule has 0 aromatic rings. The number of Topliss-reactive ketones (excluding diaryl/α,β-unsaturated/α-hetero) is 1. The van der Waals surface area contributed by atoms with Gasteiger partial charge < -0.3 is 9.69 Å². The first-order valence-corrected chi connectivity index (χ1v) is 5.65. The Morgan fingerprint density at radius 1 is 1.40 bits per heavy atom. The van der Waals surface area contributed by atoms with Gasteiger partial charge in [-0.3, -0.25) is 0 Å². The third-order valence-corrected chi connectivity index (χ3v) is 2.17. The Labute approximate surface area is 93.1 Å². The maximum Gasteiger partial charge on any atom is 0.129 e. The third kappa shape index (κ3) is 9.42. The van der Waals surface area contributed by atoms with Crippen molar-refractivity contribution in [2.45, 2.75) is 40.0 Å². The fourth-order valence-corrected chi connectivity index (χ4v) is 1.57. The second-order valence-electron chi connectivity index (χ2n) is 4.41. The van der Waals surface area contributed by atoms with E-state index in [1.54, 1.807) is 6.92 Å². The molecular formula is C12H22N2O. The zero-order valence-corrected chi connectivity index (χ0v) is 10.1. The summed E-state index contributed by atoms with van der Waals surface area (Å²) in [5.41, 5.74) is 0. The van der Waals surface area contributed by atoms with E-state index in [1.165, 1.54) is 0 Å². The summed E-state index contributed by atoms with van der Waals surface area (Å²) in [7, 11) is 0. The number of carbonyl (C=O) groups excluding carboxylic acids is 1. The van der Waals surface area contributed by atoms with E-state index in [0.29, 0.717) is 18.8 Å². The molecule has 0 aromatic heterocycles. The molecule has 0 amide bonds. The van der Waals surface area contributed by atoms with Gasteiger partial charge in [0.05, 0.1) is 6.07 Å². The molecule has 0 atom stereocenters. The van der Waals surface area contributed by atoms with Crippen molar-refractivity contribution in [1.82, 2.24) is 4.90 Å². The lowest BCUT2D eigenvalue weighted by Gasteiger charge is -2.22. The maximum atomic E-state index is 10.8. The zero-order chi connectivity index (χ0) is 11.7. The second kappa shape index (κ2) is 8.43. The van der Waals surface area contributed by atoms with Gasteiger partial charge in [-0.25, -0.2) is 0 Å². The van der Waals surface area contributed by atoms with Crippen LogP contribution in [0.2, 0.25) is 0 Å². The summed E-state index contributed by atoms with van der Waals surface area (Å²) in [5, 5.41) is 8.53. The van der Waals surface area contributed by atoms with Crippen LogP contribution in [0.4, 0.5) is 0 Å². The first kappa shape index (κ1) is 14.1. The fourth-order valence-electron chi connectivity index (χ4n) is 1.57. The van der Waals surface area contributed by atoms with Crippen LogP contribution in [0.1, 0.15) is 40.0 Å². The molecule has 0 spiro atoms. The Morgan fingerprint density at radius 2 is 2.07 bits per heavy atom. The quantitative estimate of drug-likeness (QED) is 0.617. The molecule has 0 aliphatic heterocycles. The number of rotatable bonds is 8. The van der Waals surface area contributed by atoms with Crippen molar-refractivity contribution in [2.75, 3.05) is 19.6 Å². The highest BCUT2D eigenvalue weighted by molar-refractivity contribution is 5.75. The summed E-state index contributed by atoms with van der Waals surface area (Å²) < 4.78 is 0. The first-order chi connectivity index (χ1) is 7.06. The van der Waals surface area contributed by atoms with Crippen molar-refractivity contribution in [3.05, 3.63) is 0 Å². The predicted molar refractivity (Wildman–Crippen MR) is 61.4 cm³/mol. The molecule has 15 heavy (non-hydrogen) atoms. The van der Waals surface area contributed by atoms with E-state index in [1.807, 2.05) is 0 Å². The van der Waals surface area contributed by atoms with Crippen molar-refractivity contribution in [1.29, 1.82) is 5.26 Å². The molecule has 0 heterocycles. The van der Waals surface area contributed by atoms with Crippen molar-refractivity contribution in [3.63, 3.8) is 0 Å². The topological polar surface area (TPSA) is 44.1 Å². The van der Waals surface area contributed by atoms with Crippen LogP contribution in [0.15, 0.2) is 0 Å². The molecule has 0 rings (SSSR count).